The van der Waals surface area contributed by atoms with E-state index in [1.807, 2.05) is 32.0 Å². The molecule has 152 valence electrons. The maximum absolute atomic E-state index is 12.8. The van der Waals surface area contributed by atoms with Crippen molar-refractivity contribution >= 4 is 27.5 Å². The molecule has 2 aromatic carbocycles. The lowest BCUT2D eigenvalue weighted by atomic mass is 10.1. The lowest BCUT2D eigenvalue weighted by molar-refractivity contribution is -0.112. The number of nitrogens with zero attached hydrogens (tertiary/aromatic N) is 2. The van der Waals surface area contributed by atoms with Crippen molar-refractivity contribution in [3.05, 3.63) is 70.9 Å². The van der Waals surface area contributed by atoms with Crippen LogP contribution in [0.25, 0.3) is 0 Å². The lowest BCUT2D eigenvalue weighted by Crippen LogP contribution is -2.32. The first-order valence-corrected chi connectivity index (χ1v) is 10.4. The fraction of sp³-hybridized carbons (Fsp3) is 0.238. The van der Waals surface area contributed by atoms with Crippen LogP contribution in [0.15, 0.2) is 58.6 Å². The SMILES string of the molecule is COc1ccc(CN2C=C(C(=O)Nc3ccc(C)c(C)c3)C(C)=NS2(=O)=O)cc1. The first-order chi connectivity index (χ1) is 13.7. The van der Waals surface area contributed by atoms with E-state index in [0.29, 0.717) is 11.4 Å². The minimum Gasteiger partial charge on any atom is -0.497 e. The molecule has 0 bridgehead atoms. The predicted octanol–water partition coefficient (Wildman–Crippen LogP) is 3.36. The van der Waals surface area contributed by atoms with E-state index in [1.54, 1.807) is 31.4 Å². The van der Waals surface area contributed by atoms with Crippen LogP contribution in [0.2, 0.25) is 0 Å². The summed E-state index contributed by atoms with van der Waals surface area (Å²) in [4.78, 5) is 12.8. The first kappa shape index (κ1) is 20.6. The molecule has 0 aliphatic carbocycles. The van der Waals surface area contributed by atoms with E-state index in [-0.39, 0.29) is 17.8 Å². The number of nitrogens with one attached hydrogen (secondary N) is 1. The number of anilines is 1. The zero-order valence-corrected chi connectivity index (χ0v) is 17.6. The summed E-state index contributed by atoms with van der Waals surface area (Å²) in [5.41, 5.74) is 3.91. The number of carbonyl (C=O) groups is 1. The summed E-state index contributed by atoms with van der Waals surface area (Å²) in [6.07, 6.45) is 1.33. The molecule has 1 heterocycles. The Morgan fingerprint density at radius 1 is 1.07 bits per heavy atom. The molecule has 29 heavy (non-hydrogen) atoms. The van der Waals surface area contributed by atoms with E-state index in [4.69, 9.17) is 4.74 Å². The number of rotatable bonds is 5. The van der Waals surface area contributed by atoms with Crippen molar-refractivity contribution in [2.45, 2.75) is 27.3 Å². The van der Waals surface area contributed by atoms with Crippen LogP contribution >= 0.6 is 0 Å². The standard InChI is InChI=1S/C21H23N3O4S/c1-14-5-8-18(11-15(14)2)22-21(25)20-13-24(29(26,27)23-16(20)3)12-17-6-9-19(28-4)10-7-17/h5-11,13H,12H2,1-4H3,(H,22,25). The summed E-state index contributed by atoms with van der Waals surface area (Å²) in [6, 6.07) is 12.6. The van der Waals surface area contributed by atoms with Crippen molar-refractivity contribution in [1.82, 2.24) is 4.31 Å². The summed E-state index contributed by atoms with van der Waals surface area (Å²) in [5, 5.41) is 2.81. The predicted molar refractivity (Wildman–Crippen MR) is 113 cm³/mol. The van der Waals surface area contributed by atoms with Crippen molar-refractivity contribution in [2.24, 2.45) is 4.40 Å². The smallest absolute Gasteiger partial charge is 0.344 e. The number of methoxy groups -OCH3 is 1. The minimum atomic E-state index is -3.90. The molecule has 1 aliphatic rings. The Morgan fingerprint density at radius 2 is 1.76 bits per heavy atom. The molecule has 3 rings (SSSR count). The Kier molecular flexibility index (Phi) is 5.74. The maximum atomic E-state index is 12.8. The number of carbonyl (C=O) groups excluding carboxylic acids is 1. The molecule has 0 radical (unpaired) electrons. The quantitative estimate of drug-likeness (QED) is 0.814. The van der Waals surface area contributed by atoms with Gasteiger partial charge in [0.1, 0.15) is 5.75 Å². The normalized spacial score (nSPS) is 15.4. The number of hydrogen-bond acceptors (Lipinski definition) is 4. The van der Waals surface area contributed by atoms with E-state index >= 15 is 0 Å². The fourth-order valence-corrected chi connectivity index (χ4v) is 3.96. The second-order valence-electron chi connectivity index (χ2n) is 6.84. The van der Waals surface area contributed by atoms with E-state index < -0.39 is 16.1 Å². The molecule has 0 atom stereocenters. The van der Waals surface area contributed by atoms with E-state index in [0.717, 1.165) is 21.0 Å². The first-order valence-electron chi connectivity index (χ1n) is 9.01. The van der Waals surface area contributed by atoms with Crippen LogP contribution in [0.3, 0.4) is 0 Å². The second-order valence-corrected chi connectivity index (χ2v) is 8.39. The highest BCUT2D eigenvalue weighted by Crippen LogP contribution is 2.22. The Bertz CT molecular complexity index is 1100. The third-order valence-corrected chi connectivity index (χ3v) is 6.05. The molecule has 0 unspecified atom stereocenters. The minimum absolute atomic E-state index is 0.0591. The molecule has 1 amide bonds. The van der Waals surface area contributed by atoms with Crippen LogP contribution < -0.4 is 10.1 Å². The van der Waals surface area contributed by atoms with Crippen molar-refractivity contribution in [3.63, 3.8) is 0 Å². The van der Waals surface area contributed by atoms with Gasteiger partial charge in [-0.3, -0.25) is 9.10 Å². The highest BCUT2D eigenvalue weighted by Gasteiger charge is 2.28. The molecule has 7 nitrogen and oxygen atoms in total. The average Bonchev–Trinajstić information content (AvgIpc) is 2.67. The third-order valence-electron chi connectivity index (χ3n) is 4.72. The van der Waals surface area contributed by atoms with Crippen molar-refractivity contribution in [2.75, 3.05) is 12.4 Å². The van der Waals surface area contributed by atoms with Gasteiger partial charge in [-0.1, -0.05) is 18.2 Å². The molecule has 1 aliphatic heterocycles. The van der Waals surface area contributed by atoms with Gasteiger partial charge in [0.25, 0.3) is 5.91 Å². The van der Waals surface area contributed by atoms with Crippen molar-refractivity contribution < 1.29 is 17.9 Å². The van der Waals surface area contributed by atoms with Gasteiger partial charge < -0.3 is 10.1 Å². The van der Waals surface area contributed by atoms with Crippen LogP contribution in [0.5, 0.6) is 5.75 Å². The molecule has 0 fully saturated rings. The van der Waals surface area contributed by atoms with Gasteiger partial charge >= 0.3 is 10.2 Å². The maximum Gasteiger partial charge on any atom is 0.344 e. The van der Waals surface area contributed by atoms with E-state index in [1.165, 1.54) is 13.1 Å². The zero-order chi connectivity index (χ0) is 21.2. The third kappa shape index (κ3) is 4.65. The highest BCUT2D eigenvalue weighted by molar-refractivity contribution is 7.88. The molecular weight excluding hydrogens is 390 g/mol. The van der Waals surface area contributed by atoms with Gasteiger partial charge in [0.05, 0.1) is 24.9 Å². The van der Waals surface area contributed by atoms with Crippen LogP contribution in [-0.2, 0) is 21.5 Å². The topological polar surface area (TPSA) is 88.1 Å². The molecule has 8 heteroatoms. The monoisotopic (exact) mass is 413 g/mol. The largest absolute Gasteiger partial charge is 0.497 e. The summed E-state index contributed by atoms with van der Waals surface area (Å²) >= 11 is 0. The lowest BCUT2D eigenvalue weighted by Gasteiger charge is -2.24. The summed E-state index contributed by atoms with van der Waals surface area (Å²) < 4.78 is 34.9. The molecule has 1 N–H and O–H groups in total. The summed E-state index contributed by atoms with van der Waals surface area (Å²) in [7, 11) is -2.34. The van der Waals surface area contributed by atoms with Crippen LogP contribution in [0, 0.1) is 13.8 Å². The van der Waals surface area contributed by atoms with Gasteiger partial charge in [0.15, 0.2) is 0 Å². The Morgan fingerprint density at radius 3 is 2.38 bits per heavy atom. The Balaban J connectivity index is 1.85. The van der Waals surface area contributed by atoms with Crippen LogP contribution in [0.4, 0.5) is 5.69 Å². The van der Waals surface area contributed by atoms with Crippen molar-refractivity contribution in [1.29, 1.82) is 0 Å². The second kappa shape index (κ2) is 8.08. The average molecular weight is 413 g/mol. The molecule has 0 aromatic heterocycles. The van der Waals surface area contributed by atoms with Gasteiger partial charge in [-0.2, -0.15) is 8.42 Å². The molecule has 0 spiro atoms. The number of amides is 1. The van der Waals surface area contributed by atoms with Gasteiger partial charge in [-0.05, 0) is 61.7 Å². The molecule has 2 aromatic rings. The van der Waals surface area contributed by atoms with Crippen LogP contribution in [0.1, 0.15) is 23.6 Å². The van der Waals surface area contributed by atoms with Gasteiger partial charge in [0.2, 0.25) is 0 Å². The molecule has 0 saturated carbocycles. The number of benzene rings is 2. The van der Waals surface area contributed by atoms with Gasteiger partial charge in [-0.15, -0.1) is 4.40 Å². The fourth-order valence-electron chi connectivity index (χ4n) is 2.86. The Labute approximate surface area is 170 Å². The van der Waals surface area contributed by atoms with E-state index in [9.17, 15) is 13.2 Å². The molecule has 0 saturated heterocycles. The van der Waals surface area contributed by atoms with Gasteiger partial charge in [-0.25, -0.2) is 0 Å². The number of ether oxygens (including phenoxy) is 1. The summed E-state index contributed by atoms with van der Waals surface area (Å²) in [6.45, 7) is 5.52. The van der Waals surface area contributed by atoms with Crippen molar-refractivity contribution in [3.8, 4) is 5.75 Å². The van der Waals surface area contributed by atoms with Gasteiger partial charge in [0, 0.05) is 11.9 Å². The van der Waals surface area contributed by atoms with E-state index in [2.05, 4.69) is 9.71 Å². The highest BCUT2D eigenvalue weighted by atomic mass is 32.2. The summed E-state index contributed by atoms with van der Waals surface area (Å²) in [5.74, 6) is 0.261. The number of aryl methyl sites for hydroxylation is 2. The van der Waals surface area contributed by atoms with Crippen LogP contribution in [-0.4, -0.2) is 31.5 Å². The Hall–Kier alpha value is -3.13. The zero-order valence-electron chi connectivity index (χ0n) is 16.8. The molecular formula is C21H23N3O4S. The number of hydrogen-bond donors (Lipinski definition) is 1.